The number of aliphatic carboxylic acids is 1. The van der Waals surface area contributed by atoms with E-state index in [1.165, 1.54) is 0 Å². The van der Waals surface area contributed by atoms with Crippen molar-refractivity contribution in [3.63, 3.8) is 0 Å². The Bertz CT molecular complexity index is 275. The van der Waals surface area contributed by atoms with Crippen LogP contribution in [0.15, 0.2) is 0 Å². The zero-order valence-electron chi connectivity index (χ0n) is 10.6. The molecule has 1 heterocycles. The van der Waals surface area contributed by atoms with Crippen LogP contribution in [0.3, 0.4) is 0 Å². The molecule has 0 bridgehead atoms. The van der Waals surface area contributed by atoms with Gasteiger partial charge in [0.15, 0.2) is 0 Å². The monoisotopic (exact) mass is 242 g/mol. The van der Waals surface area contributed by atoms with E-state index in [1.54, 1.807) is 4.90 Å². The maximum atomic E-state index is 12.0. The molecule has 17 heavy (non-hydrogen) atoms. The first-order valence-corrected chi connectivity index (χ1v) is 6.22. The molecule has 98 valence electrons. The molecular formula is C12H22N2O3. The van der Waals surface area contributed by atoms with Crippen molar-refractivity contribution in [3.05, 3.63) is 0 Å². The van der Waals surface area contributed by atoms with E-state index in [1.807, 2.05) is 13.8 Å². The summed E-state index contributed by atoms with van der Waals surface area (Å²) in [4.78, 5) is 24.2. The highest BCUT2D eigenvalue weighted by Crippen LogP contribution is 2.13. The Morgan fingerprint density at radius 1 is 1.41 bits per heavy atom. The number of carbonyl (C=O) groups is 2. The van der Waals surface area contributed by atoms with Crippen LogP contribution in [-0.2, 0) is 9.59 Å². The Hall–Kier alpha value is -1.10. The minimum absolute atomic E-state index is 0.126. The van der Waals surface area contributed by atoms with Gasteiger partial charge in [-0.3, -0.25) is 9.59 Å². The lowest BCUT2D eigenvalue weighted by molar-refractivity contribution is -0.139. The van der Waals surface area contributed by atoms with Crippen LogP contribution in [0.1, 0.15) is 33.1 Å². The summed E-state index contributed by atoms with van der Waals surface area (Å²) in [7, 11) is 0. The number of carboxylic acids is 1. The molecule has 5 nitrogen and oxygen atoms in total. The van der Waals surface area contributed by atoms with Crippen LogP contribution in [0.2, 0.25) is 0 Å². The third-order valence-corrected chi connectivity index (χ3v) is 3.06. The molecule has 0 aliphatic carbocycles. The van der Waals surface area contributed by atoms with Gasteiger partial charge >= 0.3 is 5.97 Å². The van der Waals surface area contributed by atoms with Gasteiger partial charge in [-0.05, 0) is 39.3 Å². The number of carbonyl (C=O) groups excluding carboxylic acids is 1. The number of amides is 1. The van der Waals surface area contributed by atoms with Crippen LogP contribution >= 0.6 is 0 Å². The fourth-order valence-electron chi connectivity index (χ4n) is 1.93. The number of rotatable bonds is 7. The fraction of sp³-hybridized carbons (Fsp3) is 0.833. The van der Waals surface area contributed by atoms with E-state index in [4.69, 9.17) is 5.11 Å². The summed E-state index contributed by atoms with van der Waals surface area (Å²) in [5, 5.41) is 11.7. The van der Waals surface area contributed by atoms with E-state index in [0.717, 1.165) is 13.1 Å². The zero-order valence-corrected chi connectivity index (χ0v) is 10.6. The Morgan fingerprint density at radius 2 is 2.06 bits per heavy atom. The molecule has 1 aliphatic heterocycles. The number of hydrogen-bond acceptors (Lipinski definition) is 3. The highest BCUT2D eigenvalue weighted by molar-refractivity contribution is 5.77. The SMILES string of the molecule is CC(C)N(CCCC(=O)O)C(=O)CC1CNC1. The Morgan fingerprint density at radius 3 is 2.47 bits per heavy atom. The molecule has 0 aromatic rings. The molecule has 1 aliphatic rings. The van der Waals surface area contributed by atoms with Gasteiger partial charge in [-0.25, -0.2) is 0 Å². The van der Waals surface area contributed by atoms with Crippen molar-refractivity contribution in [2.45, 2.75) is 39.2 Å². The summed E-state index contributed by atoms with van der Waals surface area (Å²) in [6.45, 7) is 6.33. The smallest absolute Gasteiger partial charge is 0.303 e. The van der Waals surface area contributed by atoms with Gasteiger partial charge in [-0.15, -0.1) is 0 Å². The molecule has 1 fully saturated rings. The lowest BCUT2D eigenvalue weighted by Gasteiger charge is -2.32. The van der Waals surface area contributed by atoms with Gasteiger partial charge in [0.2, 0.25) is 5.91 Å². The molecule has 0 spiro atoms. The fourth-order valence-corrected chi connectivity index (χ4v) is 1.93. The van der Waals surface area contributed by atoms with Gasteiger partial charge in [0, 0.05) is 25.4 Å². The van der Waals surface area contributed by atoms with Crippen LogP contribution in [0, 0.1) is 5.92 Å². The summed E-state index contributed by atoms with van der Waals surface area (Å²) >= 11 is 0. The average Bonchev–Trinajstić information content (AvgIpc) is 2.17. The lowest BCUT2D eigenvalue weighted by atomic mass is 9.98. The van der Waals surface area contributed by atoms with Gasteiger partial charge in [0.05, 0.1) is 0 Å². The van der Waals surface area contributed by atoms with Crippen LogP contribution in [0.25, 0.3) is 0 Å². The van der Waals surface area contributed by atoms with Crippen LogP contribution in [0.4, 0.5) is 0 Å². The average molecular weight is 242 g/mol. The third-order valence-electron chi connectivity index (χ3n) is 3.06. The van der Waals surface area contributed by atoms with Gasteiger partial charge in [0.1, 0.15) is 0 Å². The summed E-state index contributed by atoms with van der Waals surface area (Å²) in [6.07, 6.45) is 1.24. The minimum atomic E-state index is -0.802. The van der Waals surface area contributed by atoms with Crippen LogP contribution in [0.5, 0.6) is 0 Å². The van der Waals surface area contributed by atoms with Crippen molar-refractivity contribution < 1.29 is 14.7 Å². The zero-order chi connectivity index (χ0) is 12.8. The molecule has 0 saturated carbocycles. The number of carboxylic acid groups (broad SMARTS) is 1. The lowest BCUT2D eigenvalue weighted by Crippen LogP contribution is -2.46. The van der Waals surface area contributed by atoms with Crippen molar-refractivity contribution in [1.82, 2.24) is 10.2 Å². The Balaban J connectivity index is 2.34. The molecule has 0 unspecified atom stereocenters. The van der Waals surface area contributed by atoms with E-state index >= 15 is 0 Å². The number of nitrogens with one attached hydrogen (secondary N) is 1. The first kappa shape index (κ1) is 14.0. The first-order valence-electron chi connectivity index (χ1n) is 6.22. The summed E-state index contributed by atoms with van der Waals surface area (Å²) in [5.41, 5.74) is 0. The van der Waals surface area contributed by atoms with Crippen molar-refractivity contribution in [3.8, 4) is 0 Å². The quantitative estimate of drug-likeness (QED) is 0.689. The molecule has 1 saturated heterocycles. The highest BCUT2D eigenvalue weighted by atomic mass is 16.4. The molecule has 1 rings (SSSR count). The highest BCUT2D eigenvalue weighted by Gasteiger charge is 2.24. The molecule has 1 amide bonds. The van der Waals surface area contributed by atoms with Gasteiger partial charge < -0.3 is 15.3 Å². The normalized spacial score (nSPS) is 15.7. The number of hydrogen-bond donors (Lipinski definition) is 2. The van der Waals surface area contributed by atoms with Crippen molar-refractivity contribution >= 4 is 11.9 Å². The molecule has 5 heteroatoms. The van der Waals surface area contributed by atoms with Gasteiger partial charge in [-0.2, -0.15) is 0 Å². The van der Waals surface area contributed by atoms with Gasteiger partial charge in [-0.1, -0.05) is 0 Å². The second-order valence-electron chi connectivity index (χ2n) is 4.91. The summed E-state index contributed by atoms with van der Waals surface area (Å²) < 4.78 is 0. The predicted molar refractivity (Wildman–Crippen MR) is 64.7 cm³/mol. The maximum Gasteiger partial charge on any atom is 0.303 e. The van der Waals surface area contributed by atoms with Crippen molar-refractivity contribution in [1.29, 1.82) is 0 Å². The summed E-state index contributed by atoms with van der Waals surface area (Å²) in [6, 6.07) is 0.143. The number of nitrogens with zero attached hydrogens (tertiary/aromatic N) is 1. The van der Waals surface area contributed by atoms with Gasteiger partial charge in [0.25, 0.3) is 0 Å². The molecule has 0 aromatic heterocycles. The molecule has 2 N–H and O–H groups in total. The van der Waals surface area contributed by atoms with Crippen molar-refractivity contribution in [2.24, 2.45) is 5.92 Å². The molecule has 0 radical (unpaired) electrons. The van der Waals surface area contributed by atoms with E-state index < -0.39 is 5.97 Å². The van der Waals surface area contributed by atoms with Crippen LogP contribution < -0.4 is 5.32 Å². The van der Waals surface area contributed by atoms with E-state index in [9.17, 15) is 9.59 Å². The second-order valence-corrected chi connectivity index (χ2v) is 4.91. The molecule has 0 atom stereocenters. The van der Waals surface area contributed by atoms with E-state index in [0.29, 0.717) is 25.3 Å². The standard InChI is InChI=1S/C12H22N2O3/c1-9(2)14(5-3-4-12(16)17)11(15)6-10-7-13-8-10/h9-10,13H,3-8H2,1-2H3,(H,16,17). The van der Waals surface area contributed by atoms with E-state index in [-0.39, 0.29) is 18.4 Å². The van der Waals surface area contributed by atoms with Crippen LogP contribution in [-0.4, -0.2) is 47.6 Å². The summed E-state index contributed by atoms with van der Waals surface area (Å²) in [5.74, 6) is -0.190. The predicted octanol–water partition coefficient (Wildman–Crippen LogP) is 0.698. The molecule has 0 aromatic carbocycles. The Labute approximate surface area is 102 Å². The first-order chi connectivity index (χ1) is 8.00. The van der Waals surface area contributed by atoms with E-state index in [2.05, 4.69) is 5.32 Å². The third kappa shape index (κ3) is 4.73. The van der Waals surface area contributed by atoms with Crippen molar-refractivity contribution in [2.75, 3.05) is 19.6 Å². The maximum absolute atomic E-state index is 12.0. The Kier molecular flexibility index (Phi) is 5.41. The largest absolute Gasteiger partial charge is 0.481 e. The topological polar surface area (TPSA) is 69.6 Å². The molecular weight excluding hydrogens is 220 g/mol. The second kappa shape index (κ2) is 6.59. The minimum Gasteiger partial charge on any atom is -0.481 e.